The Morgan fingerprint density at radius 2 is 2.12 bits per heavy atom. The molecule has 0 radical (unpaired) electrons. The van der Waals surface area contributed by atoms with Gasteiger partial charge in [0.05, 0.1) is 6.54 Å². The van der Waals surface area contributed by atoms with E-state index in [0.29, 0.717) is 0 Å². The zero-order valence-electron chi connectivity index (χ0n) is 9.50. The molecule has 2 rings (SSSR count). The second kappa shape index (κ2) is 4.74. The van der Waals surface area contributed by atoms with Crippen LogP contribution in [-0.4, -0.2) is 4.57 Å². The van der Waals surface area contributed by atoms with Gasteiger partial charge in [0.2, 0.25) is 0 Å². The maximum absolute atomic E-state index is 3.50. The van der Waals surface area contributed by atoms with Crippen LogP contribution in [0.3, 0.4) is 0 Å². The van der Waals surface area contributed by atoms with E-state index in [1.54, 1.807) is 0 Å². The van der Waals surface area contributed by atoms with Crippen LogP contribution in [0.15, 0.2) is 41.0 Å². The van der Waals surface area contributed by atoms with E-state index in [1.165, 1.54) is 11.3 Å². The zero-order valence-corrected chi connectivity index (χ0v) is 11.1. The fourth-order valence-corrected chi connectivity index (χ4v) is 2.32. The molecule has 0 aliphatic rings. The molecule has 0 spiro atoms. The summed E-state index contributed by atoms with van der Waals surface area (Å²) in [6, 6.07) is 10.5. The van der Waals surface area contributed by atoms with Crippen LogP contribution < -0.4 is 5.32 Å². The number of anilines is 1. The van der Waals surface area contributed by atoms with Gasteiger partial charge in [0.15, 0.2) is 0 Å². The number of aryl methyl sites for hydroxylation is 2. The lowest BCUT2D eigenvalue weighted by atomic mass is 10.2. The van der Waals surface area contributed by atoms with Gasteiger partial charge in [-0.15, -0.1) is 0 Å². The summed E-state index contributed by atoms with van der Waals surface area (Å²) in [7, 11) is 2.06. The molecule has 16 heavy (non-hydrogen) atoms. The predicted octanol–water partition coefficient (Wildman–Crippen LogP) is 3.71. The van der Waals surface area contributed by atoms with Crippen LogP contribution in [0.5, 0.6) is 0 Å². The van der Waals surface area contributed by atoms with Crippen LogP contribution >= 0.6 is 15.9 Å². The topological polar surface area (TPSA) is 17.0 Å². The Morgan fingerprint density at radius 3 is 2.75 bits per heavy atom. The molecule has 0 aliphatic heterocycles. The lowest BCUT2D eigenvalue weighted by Gasteiger charge is -2.09. The maximum atomic E-state index is 3.50. The van der Waals surface area contributed by atoms with Gasteiger partial charge >= 0.3 is 0 Å². The van der Waals surface area contributed by atoms with E-state index in [9.17, 15) is 0 Å². The first-order chi connectivity index (χ1) is 7.65. The van der Waals surface area contributed by atoms with Crippen molar-refractivity contribution in [2.45, 2.75) is 13.5 Å². The van der Waals surface area contributed by atoms with Gasteiger partial charge in [-0.25, -0.2) is 0 Å². The van der Waals surface area contributed by atoms with Crippen molar-refractivity contribution in [1.82, 2.24) is 4.57 Å². The Balaban J connectivity index is 2.07. The lowest BCUT2D eigenvalue weighted by Crippen LogP contribution is -2.04. The van der Waals surface area contributed by atoms with Crippen molar-refractivity contribution in [2.24, 2.45) is 7.05 Å². The quantitative estimate of drug-likeness (QED) is 0.906. The minimum Gasteiger partial charge on any atom is -0.379 e. The molecule has 2 aromatic rings. The molecule has 84 valence electrons. The maximum Gasteiger partial charge on any atom is 0.0553 e. The smallest absolute Gasteiger partial charge is 0.0553 e. The van der Waals surface area contributed by atoms with Gasteiger partial charge in [0.25, 0.3) is 0 Å². The molecule has 0 fully saturated rings. The van der Waals surface area contributed by atoms with Crippen LogP contribution in [0.25, 0.3) is 0 Å². The SMILES string of the molecule is Cc1cc(Br)cc(NCc2cccn2C)c1. The molecule has 2 nitrogen and oxygen atoms in total. The average molecular weight is 279 g/mol. The minimum absolute atomic E-state index is 0.847. The van der Waals surface area contributed by atoms with E-state index in [2.05, 4.69) is 76.3 Å². The van der Waals surface area contributed by atoms with Crippen LogP contribution in [0.2, 0.25) is 0 Å². The summed E-state index contributed by atoms with van der Waals surface area (Å²) in [5.41, 5.74) is 3.68. The summed E-state index contributed by atoms with van der Waals surface area (Å²) in [5, 5.41) is 3.42. The third kappa shape index (κ3) is 2.67. The average Bonchev–Trinajstić information content (AvgIpc) is 2.59. The van der Waals surface area contributed by atoms with E-state index in [4.69, 9.17) is 0 Å². The summed E-state index contributed by atoms with van der Waals surface area (Å²) >= 11 is 3.50. The Bertz CT molecular complexity index is 468. The van der Waals surface area contributed by atoms with Crippen molar-refractivity contribution in [1.29, 1.82) is 0 Å². The van der Waals surface area contributed by atoms with Crippen LogP contribution in [0.4, 0.5) is 5.69 Å². The fourth-order valence-electron chi connectivity index (χ4n) is 1.71. The molecule has 0 saturated carbocycles. The first kappa shape index (κ1) is 11.3. The summed E-state index contributed by atoms with van der Waals surface area (Å²) < 4.78 is 3.24. The van der Waals surface area contributed by atoms with Crippen molar-refractivity contribution in [3.63, 3.8) is 0 Å². The summed E-state index contributed by atoms with van der Waals surface area (Å²) in [5.74, 6) is 0. The monoisotopic (exact) mass is 278 g/mol. The van der Waals surface area contributed by atoms with Crippen molar-refractivity contribution in [2.75, 3.05) is 5.32 Å². The largest absolute Gasteiger partial charge is 0.379 e. The molecule has 0 atom stereocenters. The highest BCUT2D eigenvalue weighted by molar-refractivity contribution is 9.10. The van der Waals surface area contributed by atoms with E-state index in [0.717, 1.165) is 16.7 Å². The molecule has 0 aliphatic carbocycles. The molecular weight excluding hydrogens is 264 g/mol. The molecule has 0 bridgehead atoms. The molecule has 1 N–H and O–H groups in total. The van der Waals surface area contributed by atoms with Gasteiger partial charge in [0.1, 0.15) is 0 Å². The van der Waals surface area contributed by atoms with E-state index < -0.39 is 0 Å². The van der Waals surface area contributed by atoms with Gasteiger partial charge in [-0.1, -0.05) is 15.9 Å². The molecule has 0 unspecified atom stereocenters. The number of nitrogens with one attached hydrogen (secondary N) is 1. The van der Waals surface area contributed by atoms with Crippen LogP contribution in [-0.2, 0) is 13.6 Å². The number of rotatable bonds is 3. The zero-order chi connectivity index (χ0) is 11.5. The van der Waals surface area contributed by atoms with Crippen molar-refractivity contribution < 1.29 is 0 Å². The predicted molar refractivity (Wildman–Crippen MR) is 71.6 cm³/mol. The van der Waals surface area contributed by atoms with Crippen LogP contribution in [0, 0.1) is 6.92 Å². The molecule has 1 heterocycles. The first-order valence-electron chi connectivity index (χ1n) is 5.26. The molecule has 0 amide bonds. The minimum atomic E-state index is 0.847. The highest BCUT2D eigenvalue weighted by Gasteiger charge is 1.99. The first-order valence-corrected chi connectivity index (χ1v) is 6.06. The Labute approximate surface area is 104 Å². The summed E-state index contributed by atoms with van der Waals surface area (Å²) in [6.45, 7) is 2.94. The Hall–Kier alpha value is -1.22. The van der Waals surface area contributed by atoms with Gasteiger partial charge in [0, 0.05) is 29.1 Å². The highest BCUT2D eigenvalue weighted by atomic mass is 79.9. The second-order valence-corrected chi connectivity index (χ2v) is 4.90. The Morgan fingerprint density at radius 1 is 1.31 bits per heavy atom. The van der Waals surface area contributed by atoms with E-state index in [1.807, 2.05) is 0 Å². The number of benzene rings is 1. The third-order valence-electron chi connectivity index (χ3n) is 2.57. The summed E-state index contributed by atoms with van der Waals surface area (Å²) in [4.78, 5) is 0. The van der Waals surface area contributed by atoms with E-state index in [-0.39, 0.29) is 0 Å². The van der Waals surface area contributed by atoms with Crippen molar-refractivity contribution in [3.8, 4) is 0 Å². The number of hydrogen-bond donors (Lipinski definition) is 1. The van der Waals surface area contributed by atoms with Gasteiger partial charge in [-0.05, 0) is 42.8 Å². The molecule has 0 saturated heterocycles. The van der Waals surface area contributed by atoms with Gasteiger partial charge < -0.3 is 9.88 Å². The fraction of sp³-hybridized carbons (Fsp3) is 0.231. The van der Waals surface area contributed by atoms with Gasteiger partial charge in [-0.3, -0.25) is 0 Å². The third-order valence-corrected chi connectivity index (χ3v) is 3.02. The number of hydrogen-bond acceptors (Lipinski definition) is 1. The molecule has 1 aromatic carbocycles. The number of nitrogens with zero attached hydrogens (tertiary/aromatic N) is 1. The lowest BCUT2D eigenvalue weighted by molar-refractivity contribution is 0.842. The molecule has 3 heteroatoms. The standard InChI is InChI=1S/C13H15BrN2/c1-10-6-11(14)8-12(7-10)15-9-13-4-3-5-16(13)2/h3-8,15H,9H2,1-2H3. The Kier molecular flexibility index (Phi) is 3.34. The normalized spacial score (nSPS) is 10.4. The second-order valence-electron chi connectivity index (χ2n) is 3.98. The highest BCUT2D eigenvalue weighted by Crippen LogP contribution is 2.19. The summed E-state index contributed by atoms with van der Waals surface area (Å²) in [6.07, 6.45) is 2.06. The van der Waals surface area contributed by atoms with Gasteiger partial charge in [-0.2, -0.15) is 0 Å². The van der Waals surface area contributed by atoms with Crippen molar-refractivity contribution in [3.05, 3.63) is 52.3 Å². The van der Waals surface area contributed by atoms with Crippen molar-refractivity contribution >= 4 is 21.6 Å². The number of halogens is 1. The van der Waals surface area contributed by atoms with E-state index >= 15 is 0 Å². The van der Waals surface area contributed by atoms with Crippen LogP contribution in [0.1, 0.15) is 11.3 Å². The molecule has 1 aromatic heterocycles. The number of aromatic nitrogens is 1. The molecular formula is C13H15BrN2.